The van der Waals surface area contributed by atoms with E-state index in [0.29, 0.717) is 18.2 Å². The number of nitrogens with one attached hydrogen (secondary N) is 2. The lowest BCUT2D eigenvalue weighted by Gasteiger charge is -2.11. The van der Waals surface area contributed by atoms with E-state index < -0.39 is 0 Å². The van der Waals surface area contributed by atoms with Crippen molar-refractivity contribution in [1.29, 1.82) is 0 Å². The molecule has 0 aliphatic heterocycles. The topological polar surface area (TPSA) is 67.4 Å². The number of carbonyl (C=O) groups excluding carboxylic acids is 2. The van der Waals surface area contributed by atoms with Crippen LogP contribution < -0.4 is 10.6 Å². The molecule has 0 spiro atoms. The summed E-state index contributed by atoms with van der Waals surface area (Å²) in [5.41, 5.74) is 2.19. The molecule has 0 aromatic heterocycles. The number of rotatable bonds is 8. The lowest BCUT2D eigenvalue weighted by molar-refractivity contribution is -0.142. The Labute approximate surface area is 136 Å². The largest absolute Gasteiger partial charge is 0.466 e. The molecule has 0 aliphatic carbocycles. The van der Waals surface area contributed by atoms with Gasteiger partial charge in [0.1, 0.15) is 0 Å². The molecule has 0 bridgehead atoms. The zero-order valence-electron chi connectivity index (χ0n) is 13.1. The number of aryl methyl sites for hydroxylation is 1. The highest BCUT2D eigenvalue weighted by Crippen LogP contribution is 2.17. The normalized spacial score (nSPS) is 10.1. The molecule has 122 valence electrons. The van der Waals surface area contributed by atoms with Crippen LogP contribution in [0.4, 0.5) is 4.79 Å². The zero-order chi connectivity index (χ0) is 16.4. The Hall–Kier alpha value is -1.75. The first-order chi connectivity index (χ1) is 10.6. The Morgan fingerprint density at radius 3 is 2.64 bits per heavy atom. The summed E-state index contributed by atoms with van der Waals surface area (Å²) in [6.45, 7) is 4.88. The molecule has 0 aliphatic rings. The van der Waals surface area contributed by atoms with E-state index >= 15 is 0 Å². The van der Waals surface area contributed by atoms with Crippen molar-refractivity contribution in [3.63, 3.8) is 0 Å². The lowest BCUT2D eigenvalue weighted by atomic mass is 10.0. The average Bonchev–Trinajstić information content (AvgIpc) is 2.47. The van der Waals surface area contributed by atoms with Crippen molar-refractivity contribution in [3.8, 4) is 0 Å². The van der Waals surface area contributed by atoms with E-state index in [2.05, 4.69) is 17.6 Å². The molecule has 0 unspecified atom stereocenters. The molecule has 2 N–H and O–H groups in total. The predicted octanol–water partition coefficient (Wildman–Crippen LogP) is 3.04. The van der Waals surface area contributed by atoms with Crippen LogP contribution in [0.5, 0.6) is 0 Å². The molecule has 2 amide bonds. The van der Waals surface area contributed by atoms with Crippen molar-refractivity contribution >= 4 is 23.6 Å². The van der Waals surface area contributed by atoms with E-state index in [-0.39, 0.29) is 25.0 Å². The van der Waals surface area contributed by atoms with Crippen LogP contribution in [0, 0.1) is 0 Å². The zero-order valence-corrected chi connectivity index (χ0v) is 13.8. The second-order valence-electron chi connectivity index (χ2n) is 4.83. The van der Waals surface area contributed by atoms with E-state index in [1.165, 1.54) is 0 Å². The molecular formula is C16H23ClN2O3. The van der Waals surface area contributed by atoms with E-state index in [9.17, 15) is 9.59 Å². The minimum atomic E-state index is -0.314. The molecule has 0 saturated carbocycles. The number of esters is 1. The number of ether oxygens (including phenoxy) is 1. The molecule has 1 aromatic rings. The van der Waals surface area contributed by atoms with Crippen molar-refractivity contribution in [3.05, 3.63) is 34.3 Å². The summed E-state index contributed by atoms with van der Waals surface area (Å²) in [6, 6.07) is 5.37. The van der Waals surface area contributed by atoms with E-state index in [0.717, 1.165) is 24.0 Å². The summed E-state index contributed by atoms with van der Waals surface area (Å²) in [4.78, 5) is 22.8. The quantitative estimate of drug-likeness (QED) is 0.721. The Balaban J connectivity index is 2.39. The van der Waals surface area contributed by atoms with E-state index in [1.54, 1.807) is 6.92 Å². The van der Waals surface area contributed by atoms with Crippen LogP contribution in [0.25, 0.3) is 0 Å². The predicted molar refractivity (Wildman–Crippen MR) is 86.9 cm³/mol. The SMILES string of the molecule is CCCc1cc(Cl)ccc1CNC(=O)NCCC(=O)OCC. The molecule has 0 fully saturated rings. The van der Waals surface area contributed by atoms with E-state index in [4.69, 9.17) is 16.3 Å². The van der Waals surface area contributed by atoms with Gasteiger partial charge >= 0.3 is 12.0 Å². The van der Waals surface area contributed by atoms with Crippen LogP contribution in [0.1, 0.15) is 37.8 Å². The number of halogens is 1. The number of amides is 2. The maximum absolute atomic E-state index is 11.7. The van der Waals surface area contributed by atoms with Crippen molar-refractivity contribution in [2.45, 2.75) is 39.7 Å². The molecule has 5 nitrogen and oxygen atoms in total. The van der Waals surface area contributed by atoms with Crippen LogP contribution in [0.15, 0.2) is 18.2 Å². The Morgan fingerprint density at radius 1 is 1.18 bits per heavy atom. The second kappa shape index (κ2) is 10.1. The summed E-state index contributed by atoms with van der Waals surface area (Å²) in [6.07, 6.45) is 2.10. The van der Waals surface area contributed by atoms with Gasteiger partial charge in [0.05, 0.1) is 13.0 Å². The molecule has 22 heavy (non-hydrogen) atoms. The van der Waals surface area contributed by atoms with Crippen molar-refractivity contribution in [1.82, 2.24) is 10.6 Å². The smallest absolute Gasteiger partial charge is 0.315 e. The highest BCUT2D eigenvalue weighted by Gasteiger charge is 2.07. The number of benzene rings is 1. The van der Waals surface area contributed by atoms with Crippen LogP contribution in [0.3, 0.4) is 0 Å². The third-order valence-corrected chi connectivity index (χ3v) is 3.28. The van der Waals surface area contributed by atoms with Gasteiger partial charge in [0.25, 0.3) is 0 Å². The first kappa shape index (κ1) is 18.3. The molecule has 0 radical (unpaired) electrons. The maximum Gasteiger partial charge on any atom is 0.315 e. The van der Waals surface area contributed by atoms with Gasteiger partial charge in [-0.25, -0.2) is 4.79 Å². The highest BCUT2D eigenvalue weighted by atomic mass is 35.5. The number of hydrogen-bond donors (Lipinski definition) is 2. The summed E-state index contributed by atoms with van der Waals surface area (Å²) in [7, 11) is 0. The van der Waals surface area contributed by atoms with Gasteiger partial charge in [0.15, 0.2) is 0 Å². The molecular weight excluding hydrogens is 304 g/mol. The van der Waals surface area contributed by atoms with Crippen molar-refractivity contribution in [2.24, 2.45) is 0 Å². The summed E-state index contributed by atoms with van der Waals surface area (Å²) >= 11 is 6.00. The van der Waals surface area contributed by atoms with Gasteiger partial charge in [-0.3, -0.25) is 4.79 Å². The molecule has 6 heteroatoms. The van der Waals surface area contributed by atoms with Gasteiger partial charge in [0.2, 0.25) is 0 Å². The Kier molecular flexibility index (Phi) is 8.36. The second-order valence-corrected chi connectivity index (χ2v) is 5.26. The van der Waals surface area contributed by atoms with Gasteiger partial charge in [-0.15, -0.1) is 0 Å². The molecule has 0 saturated heterocycles. The minimum Gasteiger partial charge on any atom is -0.466 e. The molecule has 1 aromatic carbocycles. The van der Waals surface area contributed by atoms with Gasteiger partial charge < -0.3 is 15.4 Å². The van der Waals surface area contributed by atoms with Crippen LogP contribution >= 0.6 is 11.6 Å². The maximum atomic E-state index is 11.7. The minimum absolute atomic E-state index is 0.170. The van der Waals surface area contributed by atoms with Gasteiger partial charge in [-0.05, 0) is 36.6 Å². The fourth-order valence-electron chi connectivity index (χ4n) is 2.02. The first-order valence-electron chi connectivity index (χ1n) is 7.51. The summed E-state index contributed by atoms with van der Waals surface area (Å²) in [5.74, 6) is -0.314. The number of urea groups is 1. The molecule has 0 atom stereocenters. The first-order valence-corrected chi connectivity index (χ1v) is 7.89. The van der Waals surface area contributed by atoms with Gasteiger partial charge in [-0.2, -0.15) is 0 Å². The third-order valence-electron chi connectivity index (χ3n) is 3.05. The highest BCUT2D eigenvalue weighted by molar-refractivity contribution is 6.30. The van der Waals surface area contributed by atoms with Crippen LogP contribution in [0.2, 0.25) is 5.02 Å². The van der Waals surface area contributed by atoms with Crippen molar-refractivity contribution in [2.75, 3.05) is 13.2 Å². The van der Waals surface area contributed by atoms with Gasteiger partial charge in [-0.1, -0.05) is 31.0 Å². The average molecular weight is 327 g/mol. The Bertz CT molecular complexity index is 506. The molecule has 0 heterocycles. The van der Waals surface area contributed by atoms with Crippen LogP contribution in [-0.4, -0.2) is 25.2 Å². The lowest BCUT2D eigenvalue weighted by Crippen LogP contribution is -2.36. The standard InChI is InChI=1S/C16H23ClN2O3/c1-3-5-12-10-14(17)7-6-13(12)11-19-16(21)18-9-8-15(20)22-4-2/h6-7,10H,3-5,8-9,11H2,1-2H3,(H2,18,19,21). The fraction of sp³-hybridized carbons (Fsp3) is 0.500. The third kappa shape index (κ3) is 6.80. The molecule has 1 rings (SSSR count). The van der Waals surface area contributed by atoms with Crippen LogP contribution in [-0.2, 0) is 22.5 Å². The summed E-state index contributed by atoms with van der Waals surface area (Å²) in [5, 5.41) is 6.11. The fourth-order valence-corrected chi connectivity index (χ4v) is 2.21. The van der Waals surface area contributed by atoms with Gasteiger partial charge in [0, 0.05) is 18.1 Å². The van der Waals surface area contributed by atoms with Crippen molar-refractivity contribution < 1.29 is 14.3 Å². The monoisotopic (exact) mass is 326 g/mol. The number of hydrogen-bond acceptors (Lipinski definition) is 3. The summed E-state index contributed by atoms with van der Waals surface area (Å²) < 4.78 is 4.78. The number of carbonyl (C=O) groups is 2. The Morgan fingerprint density at radius 2 is 1.95 bits per heavy atom. The van der Waals surface area contributed by atoms with E-state index in [1.807, 2.05) is 18.2 Å².